The van der Waals surface area contributed by atoms with Gasteiger partial charge in [0.25, 0.3) is 0 Å². The van der Waals surface area contributed by atoms with Gasteiger partial charge in [0.2, 0.25) is 0 Å². The quantitative estimate of drug-likeness (QED) is 0.364. The zero-order chi connectivity index (χ0) is 18.4. The number of rotatable bonds is 8. The predicted octanol–water partition coefficient (Wildman–Crippen LogP) is 6.32. The lowest BCUT2D eigenvalue weighted by atomic mass is 9.96. The third-order valence-corrected chi connectivity index (χ3v) is 5.84. The van der Waals surface area contributed by atoms with E-state index in [1.165, 1.54) is 11.8 Å². The van der Waals surface area contributed by atoms with E-state index >= 15 is 0 Å². The number of carbonyl (C=O) groups is 1. The summed E-state index contributed by atoms with van der Waals surface area (Å²) in [4.78, 5) is 12.3. The summed E-state index contributed by atoms with van der Waals surface area (Å²) < 4.78 is 6.59. The standard InChI is InChI=1S/C18H34O2S3/c1-12(2)10-17(6,7)20-15(19)14(5)22-16(21)23-18(8,9)11-13(3)4/h12-14H,10-11H2,1-9H3. The number of hydrogen-bond donors (Lipinski definition) is 0. The summed E-state index contributed by atoms with van der Waals surface area (Å²) in [5, 5.41) is -0.267. The highest BCUT2D eigenvalue weighted by molar-refractivity contribution is 8.47. The van der Waals surface area contributed by atoms with Gasteiger partial charge in [-0.2, -0.15) is 0 Å². The van der Waals surface area contributed by atoms with Gasteiger partial charge in [-0.05, 0) is 45.4 Å². The molecule has 0 aromatic rings. The molecule has 23 heavy (non-hydrogen) atoms. The molecule has 1 atom stereocenters. The van der Waals surface area contributed by atoms with Gasteiger partial charge in [0.15, 0.2) is 0 Å². The van der Waals surface area contributed by atoms with Crippen molar-refractivity contribution in [3.63, 3.8) is 0 Å². The Morgan fingerprint density at radius 3 is 1.91 bits per heavy atom. The van der Waals surface area contributed by atoms with E-state index in [-0.39, 0.29) is 16.0 Å². The molecule has 0 spiro atoms. The molecule has 0 bridgehead atoms. The molecule has 0 aromatic heterocycles. The Kier molecular flexibility index (Phi) is 9.78. The van der Waals surface area contributed by atoms with Crippen molar-refractivity contribution in [1.29, 1.82) is 0 Å². The van der Waals surface area contributed by atoms with Gasteiger partial charge in [-0.25, -0.2) is 0 Å². The lowest BCUT2D eigenvalue weighted by Crippen LogP contribution is -2.33. The van der Waals surface area contributed by atoms with Gasteiger partial charge in [-0.1, -0.05) is 65.5 Å². The monoisotopic (exact) mass is 378 g/mol. The van der Waals surface area contributed by atoms with Crippen molar-refractivity contribution in [2.45, 2.75) is 90.8 Å². The van der Waals surface area contributed by atoms with Crippen molar-refractivity contribution < 1.29 is 9.53 Å². The molecule has 0 rings (SSSR count). The van der Waals surface area contributed by atoms with Crippen LogP contribution in [0.2, 0.25) is 0 Å². The maximum absolute atomic E-state index is 12.3. The van der Waals surface area contributed by atoms with Crippen LogP contribution in [0, 0.1) is 11.8 Å². The second kappa shape index (κ2) is 9.67. The summed E-state index contributed by atoms with van der Waals surface area (Å²) in [7, 11) is 0. The number of thioether (sulfide) groups is 2. The third kappa shape index (κ3) is 11.4. The normalized spacial score (nSPS) is 14.2. The lowest BCUT2D eigenvalue weighted by molar-refractivity contribution is -0.156. The van der Waals surface area contributed by atoms with E-state index in [4.69, 9.17) is 17.0 Å². The molecular formula is C18H34O2S3. The minimum absolute atomic E-state index is 0.0960. The van der Waals surface area contributed by atoms with Crippen molar-refractivity contribution in [2.75, 3.05) is 0 Å². The fourth-order valence-corrected chi connectivity index (χ4v) is 6.56. The van der Waals surface area contributed by atoms with E-state index in [1.807, 2.05) is 20.8 Å². The Labute approximate surface area is 157 Å². The fraction of sp³-hybridized carbons (Fsp3) is 0.889. The van der Waals surface area contributed by atoms with E-state index in [0.29, 0.717) is 11.8 Å². The fourth-order valence-electron chi connectivity index (χ4n) is 2.85. The average molecular weight is 379 g/mol. The largest absolute Gasteiger partial charge is 0.459 e. The second-order valence-electron chi connectivity index (χ2n) is 8.25. The van der Waals surface area contributed by atoms with Gasteiger partial charge >= 0.3 is 5.97 Å². The first-order chi connectivity index (χ1) is 10.2. The van der Waals surface area contributed by atoms with Crippen LogP contribution in [-0.2, 0) is 9.53 Å². The van der Waals surface area contributed by atoms with E-state index in [9.17, 15) is 4.79 Å². The Bertz CT molecular complexity index is 401. The van der Waals surface area contributed by atoms with Crippen molar-refractivity contribution in [2.24, 2.45) is 11.8 Å². The Morgan fingerprint density at radius 1 is 1.00 bits per heavy atom. The van der Waals surface area contributed by atoms with Crippen molar-refractivity contribution in [1.82, 2.24) is 0 Å². The zero-order valence-corrected chi connectivity index (χ0v) is 18.6. The summed E-state index contributed by atoms with van der Waals surface area (Å²) in [6.45, 7) is 18.9. The van der Waals surface area contributed by atoms with Crippen molar-refractivity contribution >= 4 is 45.2 Å². The number of ether oxygens (including phenoxy) is 1. The molecule has 1 unspecified atom stereocenters. The maximum Gasteiger partial charge on any atom is 0.319 e. The summed E-state index contributed by atoms with van der Waals surface area (Å²) >= 11 is 8.61. The zero-order valence-electron chi connectivity index (χ0n) is 16.2. The van der Waals surface area contributed by atoms with Crippen molar-refractivity contribution in [3.05, 3.63) is 0 Å². The van der Waals surface area contributed by atoms with Gasteiger partial charge in [-0.3, -0.25) is 4.79 Å². The molecule has 0 aromatic carbocycles. The van der Waals surface area contributed by atoms with E-state index < -0.39 is 5.60 Å². The first kappa shape index (κ1) is 23.3. The highest BCUT2D eigenvalue weighted by Gasteiger charge is 2.29. The first-order valence-electron chi connectivity index (χ1n) is 8.36. The van der Waals surface area contributed by atoms with Crippen LogP contribution < -0.4 is 0 Å². The summed E-state index contributed by atoms with van der Waals surface area (Å²) in [5.74, 6) is 0.948. The molecule has 5 heteroatoms. The smallest absolute Gasteiger partial charge is 0.319 e. The Hall–Kier alpha value is 0.260. The number of hydrogen-bond acceptors (Lipinski definition) is 5. The summed E-state index contributed by atoms with van der Waals surface area (Å²) in [5.41, 5.74) is -0.425. The van der Waals surface area contributed by atoms with Gasteiger partial charge in [0.05, 0.1) is 0 Å². The number of thiocarbonyl (C=S) groups is 1. The van der Waals surface area contributed by atoms with Gasteiger partial charge < -0.3 is 4.74 Å². The molecule has 0 fully saturated rings. The maximum atomic E-state index is 12.3. The van der Waals surface area contributed by atoms with Crippen LogP contribution in [0.25, 0.3) is 0 Å². The molecule has 136 valence electrons. The van der Waals surface area contributed by atoms with Crippen LogP contribution in [0.3, 0.4) is 0 Å². The van der Waals surface area contributed by atoms with Crippen LogP contribution in [-0.4, -0.2) is 25.1 Å². The summed E-state index contributed by atoms with van der Waals surface area (Å²) in [6.07, 6.45) is 1.95. The number of carbonyl (C=O) groups excluding carboxylic acids is 1. The van der Waals surface area contributed by atoms with Crippen LogP contribution in [0.5, 0.6) is 0 Å². The summed E-state index contributed by atoms with van der Waals surface area (Å²) in [6, 6.07) is 0. The van der Waals surface area contributed by atoms with Gasteiger partial charge in [0, 0.05) is 4.75 Å². The molecule has 0 saturated carbocycles. The van der Waals surface area contributed by atoms with Gasteiger partial charge in [0.1, 0.15) is 14.4 Å². The highest BCUT2D eigenvalue weighted by Crippen LogP contribution is 2.37. The molecule has 0 N–H and O–H groups in total. The Morgan fingerprint density at radius 2 is 1.48 bits per heavy atom. The molecule has 0 aliphatic heterocycles. The van der Waals surface area contributed by atoms with Crippen molar-refractivity contribution in [3.8, 4) is 0 Å². The van der Waals surface area contributed by atoms with Crippen LogP contribution in [0.4, 0.5) is 0 Å². The van der Waals surface area contributed by atoms with Crippen LogP contribution >= 0.6 is 35.7 Å². The minimum Gasteiger partial charge on any atom is -0.459 e. The second-order valence-corrected chi connectivity index (χ2v) is 12.5. The van der Waals surface area contributed by atoms with Gasteiger partial charge in [-0.15, -0.1) is 11.8 Å². The lowest BCUT2D eigenvalue weighted by Gasteiger charge is -2.29. The molecule has 0 aliphatic rings. The van der Waals surface area contributed by atoms with E-state index in [2.05, 4.69) is 41.5 Å². The van der Waals surface area contributed by atoms with Crippen LogP contribution in [0.1, 0.15) is 75.2 Å². The van der Waals surface area contributed by atoms with E-state index in [0.717, 1.165) is 16.4 Å². The molecule has 0 aliphatic carbocycles. The Balaban J connectivity index is 4.49. The molecule has 0 radical (unpaired) electrons. The predicted molar refractivity (Wildman–Crippen MR) is 110 cm³/mol. The average Bonchev–Trinajstić information content (AvgIpc) is 2.22. The first-order valence-corrected chi connectivity index (χ1v) is 10.5. The highest BCUT2D eigenvalue weighted by atomic mass is 32.2. The minimum atomic E-state index is -0.425. The van der Waals surface area contributed by atoms with Crippen LogP contribution in [0.15, 0.2) is 0 Å². The number of esters is 1. The molecule has 0 amide bonds. The SMILES string of the molecule is CC(C)CC(C)(C)OC(=O)C(C)SC(=S)SC(C)(C)CC(C)C. The van der Waals surface area contributed by atoms with E-state index in [1.54, 1.807) is 11.8 Å². The molecule has 0 saturated heterocycles. The molecule has 0 heterocycles. The third-order valence-electron chi connectivity index (χ3n) is 3.14. The topological polar surface area (TPSA) is 26.3 Å². The molecule has 2 nitrogen and oxygen atoms in total. The molecular weight excluding hydrogens is 344 g/mol.